The predicted molar refractivity (Wildman–Crippen MR) is 70.4 cm³/mol. The van der Waals surface area contributed by atoms with Crippen molar-refractivity contribution in [2.45, 2.75) is 0 Å². The number of carboxylic acid groups (broad SMARTS) is 1. The second kappa shape index (κ2) is 4.57. The highest BCUT2D eigenvalue weighted by Gasteiger charge is 2.18. The third kappa shape index (κ3) is 1.90. The summed E-state index contributed by atoms with van der Waals surface area (Å²) in [7, 11) is 0. The van der Waals surface area contributed by atoms with Crippen LogP contribution in [0.4, 0.5) is 4.39 Å². The summed E-state index contributed by atoms with van der Waals surface area (Å²) in [6.07, 6.45) is 1.53. The fraction of sp³-hybridized carbons (Fsp3) is 0. The lowest BCUT2D eigenvalue weighted by atomic mass is 10.2. The van der Waals surface area contributed by atoms with Crippen molar-refractivity contribution in [1.29, 1.82) is 0 Å². The molecule has 3 aromatic rings. The lowest BCUT2D eigenvalue weighted by Crippen LogP contribution is -2.00. The number of hydrogen-bond donors (Lipinski definition) is 1. The van der Waals surface area contributed by atoms with E-state index in [4.69, 9.17) is 16.7 Å². The molecule has 0 saturated carbocycles. The van der Waals surface area contributed by atoms with E-state index in [2.05, 4.69) is 10.1 Å². The number of aromatic nitrogens is 3. The molecule has 0 saturated heterocycles. The van der Waals surface area contributed by atoms with E-state index in [9.17, 15) is 9.18 Å². The van der Waals surface area contributed by atoms with Gasteiger partial charge in [-0.3, -0.25) is 0 Å². The summed E-state index contributed by atoms with van der Waals surface area (Å²) in [5.74, 6) is -1.65. The van der Waals surface area contributed by atoms with E-state index in [0.29, 0.717) is 0 Å². The summed E-state index contributed by atoms with van der Waals surface area (Å²) in [5.41, 5.74) is 0.169. The zero-order chi connectivity index (χ0) is 14.3. The average molecular weight is 292 g/mol. The number of nitrogens with zero attached hydrogens (tertiary/aromatic N) is 3. The molecule has 0 radical (unpaired) electrons. The second-order valence-corrected chi connectivity index (χ2v) is 4.43. The Morgan fingerprint density at radius 3 is 2.80 bits per heavy atom. The Bertz CT molecular complexity index is 811. The van der Waals surface area contributed by atoms with Crippen LogP contribution in [0.1, 0.15) is 10.4 Å². The van der Waals surface area contributed by atoms with Gasteiger partial charge >= 0.3 is 5.97 Å². The maximum Gasteiger partial charge on any atom is 0.339 e. The molecule has 3 rings (SSSR count). The van der Waals surface area contributed by atoms with Gasteiger partial charge in [-0.1, -0.05) is 17.7 Å². The average Bonchev–Trinajstić information content (AvgIpc) is 2.81. The molecule has 0 atom stereocenters. The zero-order valence-corrected chi connectivity index (χ0v) is 10.7. The summed E-state index contributed by atoms with van der Waals surface area (Å²) in [5, 5.41) is 13.3. The fourth-order valence-corrected chi connectivity index (χ4v) is 2.14. The lowest BCUT2D eigenvalue weighted by molar-refractivity contribution is 0.0698. The van der Waals surface area contributed by atoms with Gasteiger partial charge in [0, 0.05) is 6.20 Å². The van der Waals surface area contributed by atoms with Crippen molar-refractivity contribution in [2.24, 2.45) is 0 Å². The quantitative estimate of drug-likeness (QED) is 0.788. The van der Waals surface area contributed by atoms with Crippen molar-refractivity contribution in [1.82, 2.24) is 14.6 Å². The van der Waals surface area contributed by atoms with Crippen molar-refractivity contribution in [3.63, 3.8) is 0 Å². The van der Waals surface area contributed by atoms with Gasteiger partial charge in [0.05, 0.1) is 10.6 Å². The molecule has 7 heteroatoms. The Morgan fingerprint density at radius 1 is 1.30 bits per heavy atom. The molecule has 2 aromatic heterocycles. The number of halogens is 2. The Kier molecular flexibility index (Phi) is 2.87. The van der Waals surface area contributed by atoms with Crippen LogP contribution in [0.25, 0.3) is 17.0 Å². The van der Waals surface area contributed by atoms with Crippen molar-refractivity contribution in [2.75, 3.05) is 0 Å². The smallest absolute Gasteiger partial charge is 0.339 e. The number of fused-ring (bicyclic) bond motifs is 1. The molecule has 0 bridgehead atoms. The first-order chi connectivity index (χ1) is 9.58. The highest BCUT2D eigenvalue weighted by atomic mass is 35.5. The van der Waals surface area contributed by atoms with Gasteiger partial charge in [0.25, 0.3) is 0 Å². The van der Waals surface area contributed by atoms with E-state index in [1.54, 1.807) is 0 Å². The molecule has 0 aliphatic heterocycles. The molecule has 2 heterocycles. The van der Waals surface area contributed by atoms with Crippen LogP contribution >= 0.6 is 11.6 Å². The molecule has 5 nitrogen and oxygen atoms in total. The molecule has 1 aromatic carbocycles. The number of rotatable bonds is 2. The van der Waals surface area contributed by atoms with Crippen LogP contribution in [0.2, 0.25) is 5.02 Å². The molecule has 0 unspecified atom stereocenters. The molecular formula is C13H7ClFN3O2. The van der Waals surface area contributed by atoms with Crippen LogP contribution in [0.3, 0.4) is 0 Å². The Morgan fingerprint density at radius 2 is 2.10 bits per heavy atom. The van der Waals surface area contributed by atoms with E-state index in [-0.39, 0.29) is 27.6 Å². The van der Waals surface area contributed by atoms with Crippen LogP contribution < -0.4 is 0 Å². The van der Waals surface area contributed by atoms with Crippen LogP contribution in [-0.4, -0.2) is 25.7 Å². The van der Waals surface area contributed by atoms with Crippen molar-refractivity contribution < 1.29 is 14.3 Å². The van der Waals surface area contributed by atoms with E-state index in [1.807, 2.05) is 0 Å². The molecule has 100 valence electrons. The largest absolute Gasteiger partial charge is 0.478 e. The number of hydrogen-bond acceptors (Lipinski definition) is 3. The monoisotopic (exact) mass is 291 g/mol. The lowest BCUT2D eigenvalue weighted by Gasteiger charge is -1.99. The second-order valence-electron chi connectivity index (χ2n) is 4.03. The molecule has 0 amide bonds. The zero-order valence-electron chi connectivity index (χ0n) is 9.92. The van der Waals surface area contributed by atoms with Gasteiger partial charge < -0.3 is 5.11 Å². The van der Waals surface area contributed by atoms with Crippen molar-refractivity contribution >= 4 is 23.2 Å². The number of pyridine rings is 1. The van der Waals surface area contributed by atoms with E-state index in [0.717, 1.165) is 0 Å². The van der Waals surface area contributed by atoms with E-state index < -0.39 is 11.8 Å². The van der Waals surface area contributed by atoms with Gasteiger partial charge in [-0.15, -0.1) is 5.10 Å². The highest BCUT2D eigenvalue weighted by Crippen LogP contribution is 2.28. The standard InChI is InChI=1S/C13H7ClFN3O2/c14-8-4-1-5-9(15)10(8)11-16-12-7(13(19)20)3-2-6-18(12)17-11/h1-6H,(H,19,20). The van der Waals surface area contributed by atoms with Crippen LogP contribution in [-0.2, 0) is 0 Å². The summed E-state index contributed by atoms with van der Waals surface area (Å²) in [4.78, 5) is 15.2. The minimum atomic E-state index is -1.13. The third-order valence-corrected chi connectivity index (χ3v) is 3.09. The van der Waals surface area contributed by atoms with E-state index >= 15 is 0 Å². The van der Waals surface area contributed by atoms with Crippen LogP contribution in [0.15, 0.2) is 36.5 Å². The van der Waals surface area contributed by atoms with Gasteiger partial charge in [0.15, 0.2) is 11.5 Å². The fourth-order valence-electron chi connectivity index (χ4n) is 1.89. The molecule has 0 aliphatic carbocycles. The van der Waals surface area contributed by atoms with Crippen LogP contribution in [0, 0.1) is 5.82 Å². The first-order valence-corrected chi connectivity index (χ1v) is 5.99. The van der Waals surface area contributed by atoms with E-state index in [1.165, 1.54) is 41.0 Å². The Hall–Kier alpha value is -2.47. The first-order valence-electron chi connectivity index (χ1n) is 5.61. The summed E-state index contributed by atoms with van der Waals surface area (Å²) in [6, 6.07) is 7.16. The summed E-state index contributed by atoms with van der Waals surface area (Å²) < 4.78 is 15.1. The molecule has 20 heavy (non-hydrogen) atoms. The molecular weight excluding hydrogens is 285 g/mol. The Labute approximate surface area is 117 Å². The molecule has 0 aliphatic rings. The highest BCUT2D eigenvalue weighted by molar-refractivity contribution is 6.33. The molecule has 0 spiro atoms. The summed E-state index contributed by atoms with van der Waals surface area (Å²) >= 11 is 5.95. The minimum absolute atomic E-state index is 0.0151. The predicted octanol–water partition coefficient (Wildman–Crippen LogP) is 2.89. The van der Waals surface area contributed by atoms with Gasteiger partial charge in [0.1, 0.15) is 11.4 Å². The first kappa shape index (κ1) is 12.6. The van der Waals surface area contributed by atoms with Gasteiger partial charge in [0.2, 0.25) is 0 Å². The number of aromatic carboxylic acids is 1. The van der Waals surface area contributed by atoms with Crippen molar-refractivity contribution in [3.05, 3.63) is 52.9 Å². The topological polar surface area (TPSA) is 67.5 Å². The molecule has 1 N–H and O–H groups in total. The van der Waals surface area contributed by atoms with Crippen molar-refractivity contribution in [3.8, 4) is 11.4 Å². The van der Waals surface area contributed by atoms with Gasteiger partial charge in [-0.2, -0.15) is 0 Å². The normalized spacial score (nSPS) is 10.9. The molecule has 0 fully saturated rings. The third-order valence-electron chi connectivity index (χ3n) is 2.78. The number of carbonyl (C=O) groups is 1. The summed E-state index contributed by atoms with van der Waals surface area (Å²) in [6.45, 7) is 0. The van der Waals surface area contributed by atoms with Crippen LogP contribution in [0.5, 0.6) is 0 Å². The maximum absolute atomic E-state index is 13.8. The Balaban J connectivity index is 2.29. The minimum Gasteiger partial charge on any atom is -0.478 e. The SMILES string of the molecule is O=C(O)c1cccn2nc(-c3c(F)cccc3Cl)nc12. The van der Waals surface area contributed by atoms with Gasteiger partial charge in [-0.05, 0) is 24.3 Å². The number of benzene rings is 1. The van der Waals surface area contributed by atoms with Gasteiger partial charge in [-0.25, -0.2) is 18.7 Å². The maximum atomic E-state index is 13.8. The number of carboxylic acids is 1.